The van der Waals surface area contributed by atoms with E-state index in [9.17, 15) is 0 Å². The summed E-state index contributed by atoms with van der Waals surface area (Å²) in [5.41, 5.74) is 34.4. The fourth-order valence-corrected chi connectivity index (χ4v) is 19.8. The minimum absolute atomic E-state index is 0.0639. The van der Waals surface area contributed by atoms with Crippen LogP contribution in [0.2, 0.25) is 0 Å². The molecule has 0 radical (unpaired) electrons. The van der Waals surface area contributed by atoms with Gasteiger partial charge in [0, 0.05) is 22.7 Å². The molecule has 0 aliphatic heterocycles. The maximum Gasteiger partial charge on any atom is 0.0352 e. The molecule has 4 aliphatic carbocycles. The molecule has 0 heterocycles. The Morgan fingerprint density at radius 1 is 0.213 bits per heavy atom. The predicted octanol–water partition coefficient (Wildman–Crippen LogP) is 28.9. The van der Waals surface area contributed by atoms with Crippen LogP contribution in [0.5, 0.6) is 0 Å². The summed E-state index contributed by atoms with van der Waals surface area (Å²) in [5.74, 6) is 0.391. The van der Waals surface area contributed by atoms with Crippen molar-refractivity contribution < 1.29 is 0 Å². The topological polar surface area (TPSA) is 0 Å². The minimum atomic E-state index is -0.0809. The van der Waals surface area contributed by atoms with Crippen molar-refractivity contribution in [1.82, 2.24) is 0 Å². The summed E-state index contributed by atoms with van der Waals surface area (Å²) in [4.78, 5) is 0. The van der Waals surface area contributed by atoms with Crippen molar-refractivity contribution in [3.8, 4) is 66.8 Å². The summed E-state index contributed by atoms with van der Waals surface area (Å²) >= 11 is 0. The molecule has 18 aromatic carbocycles. The summed E-state index contributed by atoms with van der Waals surface area (Å²) < 4.78 is 0. The van der Waals surface area contributed by atoms with E-state index in [1.54, 1.807) is 0 Å². The van der Waals surface area contributed by atoms with Crippen molar-refractivity contribution in [2.24, 2.45) is 0 Å². The summed E-state index contributed by atoms with van der Waals surface area (Å²) in [6.45, 7) is 9.53. The van der Waals surface area contributed by atoms with E-state index in [-0.39, 0.29) is 22.7 Å². The first-order valence-electron chi connectivity index (χ1n) is 38.3. The molecule has 0 saturated carbocycles. The first kappa shape index (κ1) is 63.5. The zero-order valence-corrected chi connectivity index (χ0v) is 61.0. The van der Waals surface area contributed by atoms with Gasteiger partial charge in [-0.1, -0.05) is 380 Å². The molecule has 0 nitrogen and oxygen atoms in total. The Labute approximate surface area is 631 Å². The Morgan fingerprint density at radius 2 is 0.546 bits per heavy atom. The van der Waals surface area contributed by atoms with Gasteiger partial charge in [-0.3, -0.25) is 0 Å². The van der Waals surface area contributed by atoms with Gasteiger partial charge in [-0.05, 0) is 234 Å². The molecule has 22 rings (SSSR count). The van der Waals surface area contributed by atoms with E-state index in [4.69, 9.17) is 0 Å². The summed E-state index contributed by atoms with van der Waals surface area (Å²) in [6, 6.07) is 136. The second kappa shape index (κ2) is 24.8. The van der Waals surface area contributed by atoms with Crippen LogP contribution in [0.15, 0.2) is 364 Å². The van der Waals surface area contributed by atoms with Gasteiger partial charge in [-0.15, -0.1) is 0 Å². The van der Waals surface area contributed by atoms with Gasteiger partial charge >= 0.3 is 0 Å². The van der Waals surface area contributed by atoms with Gasteiger partial charge in [-0.25, -0.2) is 0 Å². The van der Waals surface area contributed by atoms with Crippen LogP contribution in [0, 0.1) is 0 Å². The van der Waals surface area contributed by atoms with Crippen molar-refractivity contribution in [3.63, 3.8) is 0 Å². The molecule has 0 amide bonds. The molecule has 2 unspecified atom stereocenters. The highest BCUT2D eigenvalue weighted by Gasteiger charge is 2.39. The molecule has 0 heteroatoms. The lowest BCUT2D eigenvalue weighted by Gasteiger charge is -2.23. The largest absolute Gasteiger partial charge is 0.0622 e. The van der Waals surface area contributed by atoms with E-state index in [1.165, 1.54) is 209 Å². The van der Waals surface area contributed by atoms with E-state index in [2.05, 4.69) is 404 Å². The van der Waals surface area contributed by atoms with Gasteiger partial charge in [-0.2, -0.15) is 0 Å². The molecule has 0 N–H and O–H groups in total. The molecule has 18 aromatic rings. The lowest BCUT2D eigenvalue weighted by molar-refractivity contribution is 0.661. The Balaban J connectivity index is 0.000000138. The smallest absolute Gasteiger partial charge is 0.0352 e. The van der Waals surface area contributed by atoms with Gasteiger partial charge < -0.3 is 0 Å². The number of hydrogen-bond acceptors (Lipinski definition) is 0. The molecule has 0 aromatic heterocycles. The second-order valence-corrected chi connectivity index (χ2v) is 31.2. The van der Waals surface area contributed by atoms with Gasteiger partial charge in [0.2, 0.25) is 0 Å². The van der Waals surface area contributed by atoms with Gasteiger partial charge in [0.05, 0.1) is 0 Å². The fourth-order valence-electron chi connectivity index (χ4n) is 19.8. The molecule has 0 saturated heterocycles. The van der Waals surface area contributed by atoms with Crippen LogP contribution in [0.25, 0.3) is 155 Å². The quantitative estimate of drug-likeness (QED) is 0.133. The maximum absolute atomic E-state index is 2.48. The number of hydrogen-bond donors (Lipinski definition) is 0. The second-order valence-electron chi connectivity index (χ2n) is 31.2. The van der Waals surface area contributed by atoms with Crippen LogP contribution >= 0.6 is 0 Å². The molecular formula is C108H76. The average molecular weight is 1370 g/mol. The van der Waals surface area contributed by atoms with Crippen LogP contribution < -0.4 is 0 Å². The number of rotatable bonds is 8. The number of fused-ring (bicyclic) bond motifs is 16. The third-order valence-electron chi connectivity index (χ3n) is 24.7. The van der Waals surface area contributed by atoms with Crippen molar-refractivity contribution in [3.05, 3.63) is 431 Å². The third-order valence-corrected chi connectivity index (χ3v) is 24.7. The van der Waals surface area contributed by atoms with Crippen LogP contribution in [0.3, 0.4) is 0 Å². The lowest BCUT2D eigenvalue weighted by atomic mass is 9.79. The van der Waals surface area contributed by atoms with Crippen LogP contribution in [0.1, 0.15) is 106 Å². The molecule has 0 fully saturated rings. The van der Waals surface area contributed by atoms with Crippen LogP contribution in [-0.2, 0) is 10.8 Å². The predicted molar refractivity (Wildman–Crippen MR) is 460 cm³/mol. The average Bonchev–Trinajstić information content (AvgIpc) is 1.52. The zero-order chi connectivity index (χ0) is 71.9. The Kier molecular flexibility index (Phi) is 14.6. The van der Waals surface area contributed by atoms with Crippen molar-refractivity contribution in [2.75, 3.05) is 0 Å². The first-order valence-corrected chi connectivity index (χ1v) is 38.3. The Hall–Kier alpha value is -13.0. The highest BCUT2D eigenvalue weighted by molar-refractivity contribution is 6.23. The molecule has 4 aliphatic rings. The SMILES string of the molecule is CC1(C)c2ccc(-c3c4ccccc4c(-c4ccc(C5C(c6ccccc6)=Cc6ccccc65)cc4)c4ccccc34)cc2-c2c1ccc1ccccc21.CC1(C)c2ccc(-c3c4ccccc4c(-c4ccc(C5C(c6ccccc6)=Cc6ccccc65)cc4)c4ccccc34)cc2-c2ccc3ccccc3c21. The number of benzene rings is 18. The van der Waals surface area contributed by atoms with E-state index in [1.807, 2.05) is 0 Å². The molecule has 0 bridgehead atoms. The molecule has 0 spiro atoms. The normalized spacial score (nSPS) is 15.3. The van der Waals surface area contributed by atoms with E-state index < -0.39 is 0 Å². The van der Waals surface area contributed by atoms with Crippen molar-refractivity contribution in [2.45, 2.75) is 50.4 Å². The van der Waals surface area contributed by atoms with Gasteiger partial charge in [0.15, 0.2) is 0 Å². The standard InChI is InChI=1S/2C54H38/c1-54(2)49-31-29-39(33-48(49)46-30-28-35-16-6-9-19-41(35)53(46)54)52-44-22-12-10-20-42(44)51(43-21-11-13-23-45(43)52)37-26-24-36(25-27-37)50-40-18-8-7-17-38(40)32-47(50)34-14-4-3-5-15-34;1-54(2)48-30-29-39(33-47(48)53-40-18-8-6-16-35(40)28-31-49(53)54)52-44-22-12-10-20-42(44)51(43-21-11-13-23-45(43)52)37-26-24-36(25-27-37)50-41-19-9-7-17-38(41)32-46(50)34-14-4-3-5-15-34/h2*3-33,50H,1-2H3. The van der Waals surface area contributed by atoms with Gasteiger partial charge in [0.25, 0.3) is 0 Å². The summed E-state index contributed by atoms with van der Waals surface area (Å²) in [6.07, 6.45) is 4.76. The van der Waals surface area contributed by atoms with Crippen molar-refractivity contribution >= 4 is 87.9 Å². The first-order chi connectivity index (χ1) is 53.1. The Bertz CT molecular complexity index is 6700. The summed E-state index contributed by atoms with van der Waals surface area (Å²) in [7, 11) is 0. The molecule has 2 atom stereocenters. The van der Waals surface area contributed by atoms with Gasteiger partial charge in [0.1, 0.15) is 0 Å². The molecular weight excluding hydrogens is 1300 g/mol. The van der Waals surface area contributed by atoms with E-state index in [0.29, 0.717) is 0 Å². The highest BCUT2D eigenvalue weighted by Crippen LogP contribution is 2.57. The zero-order valence-electron chi connectivity index (χ0n) is 61.0. The minimum Gasteiger partial charge on any atom is -0.0622 e. The third kappa shape index (κ3) is 9.83. The van der Waals surface area contributed by atoms with E-state index >= 15 is 0 Å². The highest BCUT2D eigenvalue weighted by atomic mass is 14.4. The summed E-state index contributed by atoms with van der Waals surface area (Å²) in [5, 5.41) is 15.5. The maximum atomic E-state index is 2.48. The monoisotopic (exact) mass is 1370 g/mol. The Morgan fingerprint density at radius 3 is 1.00 bits per heavy atom. The van der Waals surface area contributed by atoms with Crippen LogP contribution in [0.4, 0.5) is 0 Å². The van der Waals surface area contributed by atoms with E-state index in [0.717, 1.165) is 0 Å². The lowest BCUT2D eigenvalue weighted by Crippen LogP contribution is -2.15. The molecule has 508 valence electrons. The van der Waals surface area contributed by atoms with Crippen molar-refractivity contribution in [1.29, 1.82) is 0 Å². The molecule has 108 heavy (non-hydrogen) atoms. The number of allylic oxidation sites excluding steroid dienone is 2. The fraction of sp³-hybridized carbons (Fsp3) is 0.0741. The van der Waals surface area contributed by atoms with Crippen LogP contribution in [-0.4, -0.2) is 0 Å².